The Balaban J connectivity index is 2.81. The third-order valence-electron chi connectivity index (χ3n) is 2.48. The number of aryl methyl sites for hydroxylation is 1. The van der Waals surface area contributed by atoms with Crippen molar-refractivity contribution in [3.8, 4) is 0 Å². The summed E-state index contributed by atoms with van der Waals surface area (Å²) in [5.41, 5.74) is 2.43. The van der Waals surface area contributed by atoms with Gasteiger partial charge in [-0.1, -0.05) is 50.3 Å². The molecule has 0 N–H and O–H groups in total. The summed E-state index contributed by atoms with van der Waals surface area (Å²) in [5.74, 6) is -0.0507. The molecule has 0 bridgehead atoms. The number of allylic oxidation sites excluding steroid dienone is 2. The molecule has 0 aliphatic rings. The molecule has 1 aromatic rings. The lowest BCUT2D eigenvalue weighted by molar-refractivity contribution is -0.110. The fourth-order valence-electron chi connectivity index (χ4n) is 1.53. The van der Waals surface area contributed by atoms with E-state index >= 15 is 0 Å². The standard InChI is InChI=1S/C15H18O/c1-3-5-8-13-9-6-7-10-14(13)11-12-15(16)4-2/h4,6-7,9-12H,2-3,5,8H2,1H3. The van der Waals surface area contributed by atoms with E-state index in [4.69, 9.17) is 0 Å². The maximum Gasteiger partial charge on any atom is 0.178 e. The lowest BCUT2D eigenvalue weighted by Gasteiger charge is -2.04. The second-order valence-electron chi connectivity index (χ2n) is 3.74. The minimum absolute atomic E-state index is 0.0507. The third-order valence-corrected chi connectivity index (χ3v) is 2.48. The first kappa shape index (κ1) is 12.4. The number of ketones is 1. The fourth-order valence-corrected chi connectivity index (χ4v) is 1.53. The summed E-state index contributed by atoms with van der Waals surface area (Å²) in [5, 5.41) is 0. The molecule has 0 fully saturated rings. The largest absolute Gasteiger partial charge is 0.290 e. The van der Waals surface area contributed by atoms with E-state index in [9.17, 15) is 4.79 Å². The van der Waals surface area contributed by atoms with Gasteiger partial charge in [0.15, 0.2) is 5.78 Å². The summed E-state index contributed by atoms with van der Waals surface area (Å²) in [6.07, 6.45) is 8.20. The van der Waals surface area contributed by atoms with Crippen LogP contribution in [0.5, 0.6) is 0 Å². The van der Waals surface area contributed by atoms with E-state index in [1.54, 1.807) is 6.08 Å². The monoisotopic (exact) mass is 214 g/mol. The second-order valence-corrected chi connectivity index (χ2v) is 3.74. The number of benzene rings is 1. The number of hydrogen-bond acceptors (Lipinski definition) is 1. The van der Waals surface area contributed by atoms with Gasteiger partial charge in [-0.15, -0.1) is 0 Å². The number of hydrogen-bond donors (Lipinski definition) is 0. The van der Waals surface area contributed by atoms with Crippen molar-refractivity contribution < 1.29 is 4.79 Å². The van der Waals surface area contributed by atoms with E-state index < -0.39 is 0 Å². The van der Waals surface area contributed by atoms with Crippen molar-refractivity contribution in [2.24, 2.45) is 0 Å². The minimum atomic E-state index is -0.0507. The molecule has 0 aromatic heterocycles. The number of carbonyl (C=O) groups excluding carboxylic acids is 1. The van der Waals surface area contributed by atoms with Crippen LogP contribution >= 0.6 is 0 Å². The molecule has 1 heteroatoms. The van der Waals surface area contributed by atoms with E-state index in [2.05, 4.69) is 19.6 Å². The Labute approximate surface area is 97.5 Å². The Hall–Kier alpha value is -1.63. The molecule has 0 amide bonds. The molecule has 0 saturated heterocycles. The van der Waals surface area contributed by atoms with E-state index in [0.717, 1.165) is 12.0 Å². The molecule has 84 valence electrons. The van der Waals surface area contributed by atoms with Crippen LogP contribution in [-0.2, 0) is 11.2 Å². The highest BCUT2D eigenvalue weighted by molar-refractivity contribution is 6.01. The zero-order valence-electron chi connectivity index (χ0n) is 9.78. The molecule has 0 saturated carbocycles. The first-order chi connectivity index (χ1) is 7.77. The average Bonchev–Trinajstić information content (AvgIpc) is 2.34. The maximum atomic E-state index is 11.1. The fraction of sp³-hybridized carbons (Fsp3) is 0.267. The Morgan fingerprint density at radius 3 is 2.81 bits per heavy atom. The van der Waals surface area contributed by atoms with Crippen LogP contribution < -0.4 is 0 Å². The summed E-state index contributed by atoms with van der Waals surface area (Å²) in [7, 11) is 0. The van der Waals surface area contributed by atoms with Crippen molar-refractivity contribution in [1.82, 2.24) is 0 Å². The molecule has 1 aromatic carbocycles. The van der Waals surface area contributed by atoms with Gasteiger partial charge in [-0.25, -0.2) is 0 Å². The summed E-state index contributed by atoms with van der Waals surface area (Å²) in [4.78, 5) is 11.1. The lowest BCUT2D eigenvalue weighted by atomic mass is 10.0. The summed E-state index contributed by atoms with van der Waals surface area (Å²) >= 11 is 0. The molecule has 0 unspecified atom stereocenters. The van der Waals surface area contributed by atoms with Gasteiger partial charge in [0, 0.05) is 0 Å². The zero-order chi connectivity index (χ0) is 11.8. The van der Waals surface area contributed by atoms with Crippen LogP contribution in [-0.4, -0.2) is 5.78 Å². The predicted molar refractivity (Wildman–Crippen MR) is 69.3 cm³/mol. The van der Waals surface area contributed by atoms with Crippen molar-refractivity contribution in [2.45, 2.75) is 26.2 Å². The van der Waals surface area contributed by atoms with Gasteiger partial charge in [-0.05, 0) is 36.1 Å². The first-order valence-corrected chi connectivity index (χ1v) is 5.70. The Bertz CT molecular complexity index is 388. The number of carbonyl (C=O) groups is 1. The highest BCUT2D eigenvalue weighted by atomic mass is 16.1. The maximum absolute atomic E-state index is 11.1. The van der Waals surface area contributed by atoms with Crippen molar-refractivity contribution in [3.05, 3.63) is 54.1 Å². The van der Waals surface area contributed by atoms with Gasteiger partial charge >= 0.3 is 0 Å². The number of rotatable bonds is 6. The molecule has 16 heavy (non-hydrogen) atoms. The van der Waals surface area contributed by atoms with Gasteiger partial charge in [0.25, 0.3) is 0 Å². The SMILES string of the molecule is C=CC(=O)C=Cc1ccccc1CCCC. The predicted octanol–water partition coefficient (Wildman–Crippen LogP) is 3.80. The third kappa shape index (κ3) is 3.85. The van der Waals surface area contributed by atoms with Crippen LogP contribution in [0.15, 0.2) is 43.0 Å². The Morgan fingerprint density at radius 1 is 1.38 bits per heavy atom. The van der Waals surface area contributed by atoms with Gasteiger partial charge in [0.05, 0.1) is 0 Å². The topological polar surface area (TPSA) is 17.1 Å². The molecule has 0 heterocycles. The zero-order valence-corrected chi connectivity index (χ0v) is 9.78. The normalized spacial score (nSPS) is 10.6. The second kappa shape index (κ2) is 6.78. The van der Waals surface area contributed by atoms with Gasteiger partial charge < -0.3 is 0 Å². The molecule has 0 atom stereocenters. The van der Waals surface area contributed by atoms with Crippen molar-refractivity contribution >= 4 is 11.9 Å². The molecular formula is C15H18O. The van der Waals surface area contributed by atoms with Gasteiger partial charge in [-0.3, -0.25) is 4.79 Å². The Kier molecular flexibility index (Phi) is 5.27. The molecule has 0 radical (unpaired) electrons. The van der Waals surface area contributed by atoms with E-state index in [1.807, 2.05) is 24.3 Å². The van der Waals surface area contributed by atoms with Crippen LogP contribution in [0, 0.1) is 0 Å². The van der Waals surface area contributed by atoms with E-state index in [1.165, 1.54) is 24.5 Å². The molecule has 0 aliphatic carbocycles. The quantitative estimate of drug-likeness (QED) is 0.658. The van der Waals surface area contributed by atoms with Crippen LogP contribution in [0.4, 0.5) is 0 Å². The number of unbranched alkanes of at least 4 members (excludes halogenated alkanes) is 1. The molecule has 1 rings (SSSR count). The highest BCUT2D eigenvalue weighted by Gasteiger charge is 1.98. The lowest BCUT2D eigenvalue weighted by Crippen LogP contribution is -1.90. The summed E-state index contributed by atoms with van der Waals surface area (Å²) < 4.78 is 0. The van der Waals surface area contributed by atoms with Gasteiger partial charge in [0.2, 0.25) is 0 Å². The smallest absolute Gasteiger partial charge is 0.178 e. The van der Waals surface area contributed by atoms with Crippen LogP contribution in [0.2, 0.25) is 0 Å². The van der Waals surface area contributed by atoms with Crippen molar-refractivity contribution in [1.29, 1.82) is 0 Å². The van der Waals surface area contributed by atoms with E-state index in [-0.39, 0.29) is 5.78 Å². The molecule has 0 aliphatic heterocycles. The van der Waals surface area contributed by atoms with Crippen molar-refractivity contribution in [2.75, 3.05) is 0 Å². The van der Waals surface area contributed by atoms with Gasteiger partial charge in [0.1, 0.15) is 0 Å². The van der Waals surface area contributed by atoms with Crippen LogP contribution in [0.1, 0.15) is 30.9 Å². The molecule has 1 nitrogen and oxygen atoms in total. The van der Waals surface area contributed by atoms with Gasteiger partial charge in [-0.2, -0.15) is 0 Å². The minimum Gasteiger partial charge on any atom is -0.290 e. The highest BCUT2D eigenvalue weighted by Crippen LogP contribution is 2.13. The molecule has 0 spiro atoms. The van der Waals surface area contributed by atoms with Crippen molar-refractivity contribution in [3.63, 3.8) is 0 Å². The average molecular weight is 214 g/mol. The first-order valence-electron chi connectivity index (χ1n) is 5.70. The summed E-state index contributed by atoms with van der Waals surface area (Å²) in [6.45, 7) is 5.62. The van der Waals surface area contributed by atoms with Crippen LogP contribution in [0.3, 0.4) is 0 Å². The van der Waals surface area contributed by atoms with Crippen LogP contribution in [0.25, 0.3) is 6.08 Å². The summed E-state index contributed by atoms with van der Waals surface area (Å²) in [6, 6.07) is 8.19. The molecular weight excluding hydrogens is 196 g/mol. The Morgan fingerprint density at radius 2 is 2.12 bits per heavy atom. The van der Waals surface area contributed by atoms with E-state index in [0.29, 0.717) is 0 Å².